The molecule has 1 aliphatic rings. The zero-order chi connectivity index (χ0) is 17.5. The molecule has 2 amide bonds. The number of hydrogen-bond acceptors (Lipinski definition) is 4. The largest absolute Gasteiger partial charge is 0.481 e. The third kappa shape index (κ3) is 3.14. The Balaban J connectivity index is 1.74. The molecule has 2 heterocycles. The first-order valence-corrected chi connectivity index (χ1v) is 7.82. The maximum absolute atomic E-state index is 12.9. The number of aliphatic carboxylic acids is 1. The Morgan fingerprint density at radius 3 is 2.71 bits per heavy atom. The summed E-state index contributed by atoms with van der Waals surface area (Å²) in [7, 11) is 0. The van der Waals surface area contributed by atoms with Gasteiger partial charge >= 0.3 is 18.2 Å². The summed E-state index contributed by atoms with van der Waals surface area (Å²) < 4.78 is 39.7. The number of benzene rings is 1. The van der Waals surface area contributed by atoms with Gasteiger partial charge in [0, 0.05) is 18.8 Å². The van der Waals surface area contributed by atoms with Crippen LogP contribution in [0, 0.1) is 11.8 Å². The molecular formula is C14H12F3N3O3S. The first kappa shape index (κ1) is 16.5. The number of halogens is 3. The van der Waals surface area contributed by atoms with Crippen LogP contribution in [0.2, 0.25) is 0 Å². The van der Waals surface area contributed by atoms with Crippen molar-refractivity contribution < 1.29 is 27.9 Å². The average Bonchev–Trinajstić information content (AvgIpc) is 3.13. The number of amides is 2. The van der Waals surface area contributed by atoms with Gasteiger partial charge in [0.2, 0.25) is 0 Å². The van der Waals surface area contributed by atoms with Crippen molar-refractivity contribution in [3.63, 3.8) is 0 Å². The van der Waals surface area contributed by atoms with E-state index in [0.717, 1.165) is 9.60 Å². The number of anilines is 1. The van der Waals surface area contributed by atoms with Gasteiger partial charge in [-0.2, -0.15) is 13.2 Å². The van der Waals surface area contributed by atoms with Crippen molar-refractivity contribution >= 4 is 39.2 Å². The standard InChI is InChI=1S/C14H12F3N3O3S/c15-14(16,17)9-5-20(4-8(9)12(21)22)13(23)19-7-1-2-11-10(3-7)18-6-24-11/h1-3,6,8-9H,4-5H2,(H,19,23)(H,21,22)/t8-,9-/m1/s1. The van der Waals surface area contributed by atoms with Crippen molar-refractivity contribution in [3.8, 4) is 0 Å². The predicted octanol–water partition coefficient (Wildman–Crippen LogP) is 3.02. The number of alkyl halides is 3. The number of carboxylic acids is 1. The summed E-state index contributed by atoms with van der Waals surface area (Å²) in [4.78, 5) is 28.2. The fourth-order valence-electron chi connectivity index (χ4n) is 2.69. The van der Waals surface area contributed by atoms with Crippen molar-refractivity contribution in [3.05, 3.63) is 23.7 Å². The Kier molecular flexibility index (Phi) is 4.08. The quantitative estimate of drug-likeness (QED) is 0.864. The molecule has 0 aliphatic carbocycles. The fourth-order valence-corrected chi connectivity index (χ4v) is 3.35. The second-order valence-electron chi connectivity index (χ2n) is 5.46. The summed E-state index contributed by atoms with van der Waals surface area (Å²) in [5.74, 6) is -5.28. The van der Waals surface area contributed by atoms with Crippen molar-refractivity contribution in [2.75, 3.05) is 18.4 Å². The molecule has 0 bridgehead atoms. The predicted molar refractivity (Wildman–Crippen MR) is 80.9 cm³/mol. The minimum absolute atomic E-state index is 0.390. The molecule has 3 rings (SSSR count). The third-order valence-corrected chi connectivity index (χ3v) is 4.74. The molecule has 1 aromatic carbocycles. The number of urea groups is 1. The van der Waals surface area contributed by atoms with Gasteiger partial charge < -0.3 is 15.3 Å². The number of fused-ring (bicyclic) bond motifs is 1. The molecule has 0 saturated carbocycles. The highest BCUT2D eigenvalue weighted by molar-refractivity contribution is 7.16. The van der Waals surface area contributed by atoms with Crippen LogP contribution in [0.3, 0.4) is 0 Å². The van der Waals surface area contributed by atoms with Crippen LogP contribution < -0.4 is 5.32 Å². The summed E-state index contributed by atoms with van der Waals surface area (Å²) in [6.45, 7) is -1.16. The lowest BCUT2D eigenvalue weighted by atomic mass is 9.96. The number of nitrogens with one attached hydrogen (secondary N) is 1. The van der Waals surface area contributed by atoms with E-state index in [1.54, 1.807) is 23.7 Å². The van der Waals surface area contributed by atoms with Gasteiger partial charge in [-0.1, -0.05) is 0 Å². The molecule has 24 heavy (non-hydrogen) atoms. The molecular weight excluding hydrogens is 347 g/mol. The topological polar surface area (TPSA) is 82.5 Å². The average molecular weight is 359 g/mol. The van der Waals surface area contributed by atoms with Crippen LogP contribution >= 0.6 is 11.3 Å². The zero-order valence-corrected chi connectivity index (χ0v) is 12.9. The number of rotatable bonds is 2. The normalized spacial score (nSPS) is 21.2. The van der Waals surface area contributed by atoms with Gasteiger partial charge in [-0.05, 0) is 18.2 Å². The van der Waals surface area contributed by atoms with Crippen molar-refractivity contribution in [1.29, 1.82) is 0 Å². The number of nitrogens with zero attached hydrogens (tertiary/aromatic N) is 2. The van der Waals surface area contributed by atoms with Crippen LogP contribution in [0.15, 0.2) is 23.7 Å². The monoisotopic (exact) mass is 359 g/mol. The van der Waals surface area contributed by atoms with Crippen LogP contribution in [-0.4, -0.2) is 46.3 Å². The summed E-state index contributed by atoms with van der Waals surface area (Å²) in [5.41, 5.74) is 2.69. The van der Waals surface area contributed by atoms with Gasteiger partial charge in [-0.25, -0.2) is 9.78 Å². The highest BCUT2D eigenvalue weighted by Crippen LogP contribution is 2.38. The van der Waals surface area contributed by atoms with Crippen LogP contribution in [0.1, 0.15) is 0 Å². The van der Waals surface area contributed by atoms with E-state index in [9.17, 15) is 22.8 Å². The molecule has 2 atom stereocenters. The number of carboxylic acid groups (broad SMARTS) is 1. The van der Waals surface area contributed by atoms with E-state index in [2.05, 4.69) is 10.3 Å². The summed E-state index contributed by atoms with van der Waals surface area (Å²) in [5, 5.41) is 11.5. The second-order valence-corrected chi connectivity index (χ2v) is 6.35. The van der Waals surface area contributed by atoms with Gasteiger partial charge in [-0.15, -0.1) is 11.3 Å². The molecule has 6 nitrogen and oxygen atoms in total. The first-order chi connectivity index (χ1) is 11.3. The summed E-state index contributed by atoms with van der Waals surface area (Å²) >= 11 is 1.42. The van der Waals surface area contributed by atoms with E-state index in [1.807, 2.05) is 0 Å². The van der Waals surface area contributed by atoms with Crippen LogP contribution in [0.25, 0.3) is 10.2 Å². The maximum Gasteiger partial charge on any atom is 0.394 e. The van der Waals surface area contributed by atoms with Crippen LogP contribution in [0.4, 0.5) is 23.7 Å². The van der Waals surface area contributed by atoms with Gasteiger partial charge in [-0.3, -0.25) is 4.79 Å². The number of thiazole rings is 1. The van der Waals surface area contributed by atoms with Gasteiger partial charge in [0.25, 0.3) is 0 Å². The first-order valence-electron chi connectivity index (χ1n) is 6.94. The molecule has 10 heteroatoms. The lowest BCUT2D eigenvalue weighted by molar-refractivity contribution is -0.187. The molecule has 2 N–H and O–H groups in total. The molecule has 128 valence electrons. The summed E-state index contributed by atoms with van der Waals surface area (Å²) in [6, 6.07) is 4.20. The van der Waals surface area contributed by atoms with E-state index in [4.69, 9.17) is 5.11 Å². The molecule has 1 fully saturated rings. The number of carbonyl (C=O) groups excluding carboxylic acids is 1. The Bertz CT molecular complexity index is 792. The van der Waals surface area contributed by atoms with Gasteiger partial charge in [0.1, 0.15) is 0 Å². The maximum atomic E-state index is 12.9. The van der Waals surface area contributed by atoms with Crippen molar-refractivity contribution in [2.24, 2.45) is 11.8 Å². The summed E-state index contributed by atoms with van der Waals surface area (Å²) in [6.07, 6.45) is -4.67. The zero-order valence-electron chi connectivity index (χ0n) is 12.1. The highest BCUT2D eigenvalue weighted by Gasteiger charge is 2.53. The lowest BCUT2D eigenvalue weighted by Crippen LogP contribution is -2.35. The van der Waals surface area contributed by atoms with Crippen molar-refractivity contribution in [1.82, 2.24) is 9.88 Å². The van der Waals surface area contributed by atoms with E-state index in [0.29, 0.717) is 11.2 Å². The molecule has 2 aromatic rings. The molecule has 1 saturated heterocycles. The van der Waals surface area contributed by atoms with E-state index in [1.165, 1.54) is 11.3 Å². The van der Waals surface area contributed by atoms with Crippen LogP contribution in [0.5, 0.6) is 0 Å². The Morgan fingerprint density at radius 1 is 1.33 bits per heavy atom. The van der Waals surface area contributed by atoms with Crippen LogP contribution in [-0.2, 0) is 4.79 Å². The SMILES string of the molecule is O=C(O)[C@@H]1CN(C(=O)Nc2ccc3scnc3c2)C[C@H]1C(F)(F)F. The Hall–Kier alpha value is -2.36. The number of likely N-dealkylation sites (tertiary alicyclic amines) is 1. The molecule has 1 aliphatic heterocycles. The van der Waals surface area contributed by atoms with E-state index in [-0.39, 0.29) is 0 Å². The minimum Gasteiger partial charge on any atom is -0.481 e. The smallest absolute Gasteiger partial charge is 0.394 e. The molecule has 0 radical (unpaired) electrons. The lowest BCUT2D eigenvalue weighted by Gasteiger charge is -2.18. The second kappa shape index (κ2) is 5.93. The Labute approximate surface area is 137 Å². The van der Waals surface area contributed by atoms with Gasteiger partial charge in [0.05, 0.1) is 27.6 Å². The molecule has 1 aromatic heterocycles. The number of hydrogen-bond donors (Lipinski definition) is 2. The number of aromatic nitrogens is 1. The minimum atomic E-state index is -4.67. The fraction of sp³-hybridized carbons (Fsp3) is 0.357. The number of carbonyl (C=O) groups is 2. The molecule has 0 unspecified atom stereocenters. The van der Waals surface area contributed by atoms with Gasteiger partial charge in [0.15, 0.2) is 0 Å². The van der Waals surface area contributed by atoms with E-state index < -0.39 is 43.1 Å². The molecule has 0 spiro atoms. The third-order valence-electron chi connectivity index (χ3n) is 3.93. The van der Waals surface area contributed by atoms with E-state index >= 15 is 0 Å². The van der Waals surface area contributed by atoms with Crippen molar-refractivity contribution in [2.45, 2.75) is 6.18 Å². The Morgan fingerprint density at radius 2 is 2.08 bits per heavy atom. The highest BCUT2D eigenvalue weighted by atomic mass is 32.1.